The van der Waals surface area contributed by atoms with E-state index in [9.17, 15) is 4.79 Å². The van der Waals surface area contributed by atoms with Gasteiger partial charge < -0.3 is 15.4 Å². The average Bonchev–Trinajstić information content (AvgIpc) is 2.96. The van der Waals surface area contributed by atoms with Crippen LogP contribution in [0.4, 0.5) is 5.82 Å². The van der Waals surface area contributed by atoms with Gasteiger partial charge >= 0.3 is 0 Å². The molecule has 0 bridgehead atoms. The Hall–Kier alpha value is -1.87. The summed E-state index contributed by atoms with van der Waals surface area (Å²) in [6.45, 7) is 2.40. The minimum absolute atomic E-state index is 0.157. The fourth-order valence-corrected chi connectivity index (χ4v) is 3.06. The lowest BCUT2D eigenvalue weighted by molar-refractivity contribution is -0.127. The number of carbonyl (C=O) groups is 1. The number of nitrogens with zero attached hydrogens (tertiary/aromatic N) is 4. The van der Waals surface area contributed by atoms with E-state index in [1.165, 1.54) is 11.8 Å². The average molecular weight is 364 g/mol. The molecule has 2 heterocycles. The van der Waals surface area contributed by atoms with Gasteiger partial charge in [0.1, 0.15) is 5.82 Å². The molecule has 136 valence electrons. The number of anilines is 1. The van der Waals surface area contributed by atoms with Crippen LogP contribution in [0.5, 0.6) is 0 Å². The Kier molecular flexibility index (Phi) is 6.09. The third-order valence-electron chi connectivity index (χ3n) is 4.36. The number of methoxy groups -OCH3 is 1. The summed E-state index contributed by atoms with van der Waals surface area (Å²) in [5.74, 6) is 1.12. The summed E-state index contributed by atoms with van der Waals surface area (Å²) in [7, 11) is 1.67. The number of fused-ring (bicyclic) bond motifs is 1. The van der Waals surface area contributed by atoms with Crippen molar-refractivity contribution in [2.45, 2.75) is 31.0 Å². The van der Waals surface area contributed by atoms with Crippen LogP contribution < -0.4 is 10.6 Å². The number of hydrogen-bond donors (Lipinski definition) is 2. The van der Waals surface area contributed by atoms with Crippen molar-refractivity contribution >= 4 is 34.5 Å². The van der Waals surface area contributed by atoms with Crippen LogP contribution in [0, 0.1) is 5.92 Å². The van der Waals surface area contributed by atoms with Crippen molar-refractivity contribution in [3.8, 4) is 0 Å². The molecular weight excluding hydrogens is 340 g/mol. The number of thioether (sulfide) groups is 1. The summed E-state index contributed by atoms with van der Waals surface area (Å²) in [6.07, 6.45) is 6.89. The zero-order valence-electron chi connectivity index (χ0n) is 14.6. The van der Waals surface area contributed by atoms with E-state index in [2.05, 4.69) is 25.7 Å². The van der Waals surface area contributed by atoms with Gasteiger partial charge in [-0.05, 0) is 19.1 Å². The van der Waals surface area contributed by atoms with Crippen LogP contribution in [0.25, 0.3) is 11.0 Å². The first-order chi connectivity index (χ1) is 12.2. The van der Waals surface area contributed by atoms with E-state index in [-0.39, 0.29) is 11.8 Å². The van der Waals surface area contributed by atoms with Gasteiger partial charge in [-0.15, -0.1) is 0 Å². The van der Waals surface area contributed by atoms with Gasteiger partial charge in [0, 0.05) is 26.1 Å². The van der Waals surface area contributed by atoms with Crippen LogP contribution in [0.15, 0.2) is 11.4 Å². The number of amides is 1. The third-order valence-corrected chi connectivity index (χ3v) is 4.90. The molecule has 2 aromatic heterocycles. The second-order valence-corrected chi connectivity index (χ2v) is 6.78. The molecule has 1 amide bonds. The molecule has 9 heteroatoms. The van der Waals surface area contributed by atoms with Crippen LogP contribution in [0.1, 0.15) is 19.3 Å². The van der Waals surface area contributed by atoms with Crippen molar-refractivity contribution < 1.29 is 9.53 Å². The molecule has 1 fully saturated rings. The van der Waals surface area contributed by atoms with Gasteiger partial charge in [0.15, 0.2) is 10.8 Å². The number of carbonyl (C=O) groups excluding carboxylic acids is 1. The van der Waals surface area contributed by atoms with Crippen molar-refractivity contribution in [2.24, 2.45) is 5.92 Å². The Bertz CT molecular complexity index is 731. The Morgan fingerprint density at radius 1 is 1.40 bits per heavy atom. The van der Waals surface area contributed by atoms with Crippen LogP contribution in [-0.2, 0) is 16.1 Å². The largest absolute Gasteiger partial charge is 0.383 e. The van der Waals surface area contributed by atoms with E-state index in [1.807, 2.05) is 10.9 Å². The first-order valence-electron chi connectivity index (χ1n) is 8.51. The second-order valence-electron chi connectivity index (χ2n) is 6.00. The first kappa shape index (κ1) is 17.9. The van der Waals surface area contributed by atoms with Crippen molar-refractivity contribution in [1.82, 2.24) is 25.1 Å². The summed E-state index contributed by atoms with van der Waals surface area (Å²) in [4.78, 5) is 21.0. The second kappa shape index (κ2) is 8.48. The highest BCUT2D eigenvalue weighted by Crippen LogP contribution is 2.26. The number of rotatable bonds is 9. The molecular formula is C16H24N6O2S. The monoisotopic (exact) mass is 364 g/mol. The number of nitrogens with one attached hydrogen (secondary N) is 2. The van der Waals surface area contributed by atoms with E-state index in [4.69, 9.17) is 4.74 Å². The third kappa shape index (κ3) is 4.21. The maximum Gasteiger partial charge on any atom is 0.223 e. The van der Waals surface area contributed by atoms with Crippen LogP contribution in [0.2, 0.25) is 0 Å². The number of ether oxygens (including phenoxy) is 1. The lowest BCUT2D eigenvalue weighted by Gasteiger charge is -2.23. The van der Waals surface area contributed by atoms with Crippen LogP contribution >= 0.6 is 11.8 Å². The van der Waals surface area contributed by atoms with Gasteiger partial charge in [0.05, 0.1) is 24.7 Å². The maximum atomic E-state index is 11.9. The van der Waals surface area contributed by atoms with E-state index in [0.717, 1.165) is 36.1 Å². The van der Waals surface area contributed by atoms with Crippen molar-refractivity contribution in [3.05, 3.63) is 6.20 Å². The fourth-order valence-electron chi connectivity index (χ4n) is 2.70. The molecule has 0 atom stereocenters. The normalized spacial score (nSPS) is 14.5. The lowest BCUT2D eigenvalue weighted by Crippen LogP contribution is -2.36. The Morgan fingerprint density at radius 2 is 2.24 bits per heavy atom. The highest BCUT2D eigenvalue weighted by Gasteiger charge is 2.24. The lowest BCUT2D eigenvalue weighted by atomic mass is 9.85. The highest BCUT2D eigenvalue weighted by atomic mass is 32.2. The Labute approximate surface area is 151 Å². The van der Waals surface area contributed by atoms with E-state index < -0.39 is 0 Å². The molecule has 0 unspecified atom stereocenters. The molecule has 0 saturated heterocycles. The Morgan fingerprint density at radius 3 is 2.92 bits per heavy atom. The van der Waals surface area contributed by atoms with Crippen molar-refractivity contribution in [1.29, 1.82) is 0 Å². The molecule has 0 aliphatic heterocycles. The summed E-state index contributed by atoms with van der Waals surface area (Å²) in [5.41, 5.74) is 0.775. The molecule has 1 aliphatic rings. The SMILES string of the molecule is COCCNc1nc(SC)nc2c1cnn2CCNC(=O)C1CCC1. The summed E-state index contributed by atoms with van der Waals surface area (Å²) in [6, 6.07) is 0. The molecule has 2 N–H and O–H groups in total. The zero-order chi connectivity index (χ0) is 17.6. The van der Waals surface area contributed by atoms with Gasteiger partial charge in [-0.25, -0.2) is 14.6 Å². The summed E-state index contributed by atoms with van der Waals surface area (Å²) in [5, 5.41) is 12.2. The van der Waals surface area contributed by atoms with Gasteiger partial charge in [-0.2, -0.15) is 5.10 Å². The predicted octanol–water partition coefficient (Wildman–Crippen LogP) is 1.52. The van der Waals surface area contributed by atoms with Crippen molar-refractivity contribution in [2.75, 3.05) is 38.4 Å². The van der Waals surface area contributed by atoms with Gasteiger partial charge in [-0.3, -0.25) is 4.79 Å². The first-order valence-corrected chi connectivity index (χ1v) is 9.73. The number of aromatic nitrogens is 4. The molecule has 2 aromatic rings. The topological polar surface area (TPSA) is 94.0 Å². The van der Waals surface area contributed by atoms with Crippen LogP contribution in [0.3, 0.4) is 0 Å². The van der Waals surface area contributed by atoms with E-state index >= 15 is 0 Å². The fraction of sp³-hybridized carbons (Fsp3) is 0.625. The quantitative estimate of drug-likeness (QED) is 0.396. The zero-order valence-corrected chi connectivity index (χ0v) is 15.4. The Balaban J connectivity index is 1.70. The standard InChI is InChI=1S/C16H24N6O2S/c1-24-9-7-17-13-12-10-19-22(14(12)21-16(20-13)25-2)8-6-18-15(23)11-4-3-5-11/h10-11H,3-9H2,1-2H3,(H,18,23)(H,17,20,21). The summed E-state index contributed by atoms with van der Waals surface area (Å²) < 4.78 is 6.89. The smallest absolute Gasteiger partial charge is 0.223 e. The molecule has 8 nitrogen and oxygen atoms in total. The number of hydrogen-bond acceptors (Lipinski definition) is 7. The molecule has 0 spiro atoms. The van der Waals surface area contributed by atoms with Crippen LogP contribution in [-0.4, -0.2) is 58.7 Å². The molecule has 3 rings (SSSR count). The predicted molar refractivity (Wildman–Crippen MR) is 97.8 cm³/mol. The van der Waals surface area contributed by atoms with E-state index in [0.29, 0.717) is 31.4 Å². The van der Waals surface area contributed by atoms with Gasteiger partial charge in [0.25, 0.3) is 0 Å². The van der Waals surface area contributed by atoms with Gasteiger partial charge in [0.2, 0.25) is 5.91 Å². The molecule has 1 saturated carbocycles. The minimum atomic E-state index is 0.157. The molecule has 1 aliphatic carbocycles. The highest BCUT2D eigenvalue weighted by molar-refractivity contribution is 7.98. The molecule has 25 heavy (non-hydrogen) atoms. The maximum absolute atomic E-state index is 11.9. The summed E-state index contributed by atoms with van der Waals surface area (Å²) >= 11 is 1.49. The molecule has 0 aromatic carbocycles. The molecule has 0 radical (unpaired) electrons. The van der Waals surface area contributed by atoms with E-state index in [1.54, 1.807) is 13.3 Å². The van der Waals surface area contributed by atoms with Gasteiger partial charge in [-0.1, -0.05) is 18.2 Å². The van der Waals surface area contributed by atoms with Crippen molar-refractivity contribution in [3.63, 3.8) is 0 Å². The minimum Gasteiger partial charge on any atom is -0.383 e.